The first-order valence-electron chi connectivity index (χ1n) is 10.4. The third-order valence-corrected chi connectivity index (χ3v) is 5.71. The lowest BCUT2D eigenvalue weighted by molar-refractivity contribution is 0.107. The highest BCUT2D eigenvalue weighted by Gasteiger charge is 2.29. The number of fused-ring (bicyclic) bond motifs is 1. The predicted octanol–water partition coefficient (Wildman–Crippen LogP) is 2.81. The van der Waals surface area contributed by atoms with Crippen LogP contribution in [0.3, 0.4) is 0 Å². The van der Waals surface area contributed by atoms with Crippen LogP contribution in [0, 0.1) is 5.92 Å². The molecule has 0 unspecified atom stereocenters. The zero-order chi connectivity index (χ0) is 19.1. The van der Waals surface area contributed by atoms with E-state index in [-0.39, 0.29) is 5.54 Å². The van der Waals surface area contributed by atoms with Crippen LogP contribution in [0.4, 0.5) is 0 Å². The average molecular weight is 373 g/mol. The Morgan fingerprint density at radius 1 is 1.22 bits per heavy atom. The van der Waals surface area contributed by atoms with Crippen molar-refractivity contribution in [1.29, 1.82) is 0 Å². The van der Waals surface area contributed by atoms with Crippen molar-refractivity contribution in [3.05, 3.63) is 35.4 Å². The number of hydrogen-bond acceptors (Lipinski definition) is 3. The molecule has 1 heterocycles. The second-order valence-electron chi connectivity index (χ2n) is 8.48. The number of benzene rings is 1. The minimum absolute atomic E-state index is 0.0680. The molecule has 27 heavy (non-hydrogen) atoms. The number of nitrogens with one attached hydrogen (secondary N) is 2. The van der Waals surface area contributed by atoms with Crippen molar-refractivity contribution >= 4 is 5.96 Å². The van der Waals surface area contributed by atoms with Crippen LogP contribution in [0.25, 0.3) is 0 Å². The van der Waals surface area contributed by atoms with E-state index >= 15 is 0 Å². The van der Waals surface area contributed by atoms with E-state index in [4.69, 9.17) is 4.74 Å². The van der Waals surface area contributed by atoms with Crippen LogP contribution in [0.5, 0.6) is 0 Å². The Labute approximate surface area is 164 Å². The van der Waals surface area contributed by atoms with Crippen molar-refractivity contribution < 1.29 is 4.74 Å². The normalized spacial score (nSPS) is 18.3. The van der Waals surface area contributed by atoms with E-state index in [0.29, 0.717) is 0 Å². The second kappa shape index (κ2) is 9.56. The van der Waals surface area contributed by atoms with Gasteiger partial charge in [0, 0.05) is 52.0 Å². The van der Waals surface area contributed by atoms with Crippen molar-refractivity contribution in [3.63, 3.8) is 0 Å². The maximum Gasteiger partial charge on any atom is 0.191 e. The zero-order valence-corrected chi connectivity index (χ0v) is 17.3. The first-order chi connectivity index (χ1) is 13.1. The molecule has 1 aromatic rings. The fourth-order valence-corrected chi connectivity index (χ4v) is 3.56. The molecule has 1 saturated carbocycles. The number of rotatable bonds is 9. The summed E-state index contributed by atoms with van der Waals surface area (Å²) in [4.78, 5) is 6.93. The van der Waals surface area contributed by atoms with Crippen LogP contribution in [0.15, 0.2) is 29.3 Å². The molecule has 3 rings (SSSR count). The molecular formula is C22H36N4O. The summed E-state index contributed by atoms with van der Waals surface area (Å²) in [5.41, 5.74) is 3.03. The van der Waals surface area contributed by atoms with Gasteiger partial charge < -0.3 is 15.4 Å². The summed E-state index contributed by atoms with van der Waals surface area (Å²) in [6.07, 6.45) is 4.85. The molecule has 1 aliphatic carbocycles. The molecule has 1 aromatic carbocycles. The van der Waals surface area contributed by atoms with Gasteiger partial charge in [0.2, 0.25) is 0 Å². The highest BCUT2D eigenvalue weighted by molar-refractivity contribution is 5.79. The van der Waals surface area contributed by atoms with Gasteiger partial charge in [-0.05, 0) is 56.6 Å². The highest BCUT2D eigenvalue weighted by atomic mass is 16.5. The number of ether oxygens (including phenoxy) is 1. The fourth-order valence-electron chi connectivity index (χ4n) is 3.56. The quantitative estimate of drug-likeness (QED) is 0.398. The minimum Gasteiger partial charge on any atom is -0.381 e. The second-order valence-corrected chi connectivity index (χ2v) is 8.48. The number of aliphatic imine (C=N–C) groups is 1. The Morgan fingerprint density at radius 3 is 2.74 bits per heavy atom. The van der Waals surface area contributed by atoms with Gasteiger partial charge in [-0.2, -0.15) is 0 Å². The Kier molecular flexibility index (Phi) is 7.13. The summed E-state index contributed by atoms with van der Waals surface area (Å²) in [5.74, 6) is 1.72. The molecule has 1 aliphatic heterocycles. The zero-order valence-electron chi connectivity index (χ0n) is 17.3. The molecule has 0 bridgehead atoms. The largest absolute Gasteiger partial charge is 0.381 e. The number of nitrogens with zero attached hydrogens (tertiary/aromatic N) is 2. The maximum atomic E-state index is 5.69. The van der Waals surface area contributed by atoms with Crippen molar-refractivity contribution in [2.45, 2.75) is 51.6 Å². The molecule has 0 radical (unpaired) electrons. The van der Waals surface area contributed by atoms with Crippen LogP contribution in [0.2, 0.25) is 0 Å². The van der Waals surface area contributed by atoms with Gasteiger partial charge in [0.15, 0.2) is 5.96 Å². The molecule has 0 saturated heterocycles. The van der Waals surface area contributed by atoms with Crippen LogP contribution >= 0.6 is 0 Å². The van der Waals surface area contributed by atoms with Gasteiger partial charge >= 0.3 is 0 Å². The number of hydrogen-bond donors (Lipinski definition) is 2. The van der Waals surface area contributed by atoms with Gasteiger partial charge in [0.1, 0.15) is 0 Å². The molecule has 0 spiro atoms. The van der Waals surface area contributed by atoms with Gasteiger partial charge in [-0.15, -0.1) is 0 Å². The summed E-state index contributed by atoms with van der Waals surface area (Å²) in [6, 6.07) is 8.82. The summed E-state index contributed by atoms with van der Waals surface area (Å²) in [6.45, 7) is 10.3. The van der Waals surface area contributed by atoms with Gasteiger partial charge in [0.25, 0.3) is 0 Å². The van der Waals surface area contributed by atoms with E-state index < -0.39 is 0 Å². The Balaban J connectivity index is 1.37. The fraction of sp³-hybridized carbons (Fsp3) is 0.682. The van der Waals surface area contributed by atoms with E-state index in [9.17, 15) is 0 Å². The molecular weight excluding hydrogens is 336 g/mol. The highest BCUT2D eigenvalue weighted by Crippen LogP contribution is 2.28. The molecule has 1 fully saturated rings. The molecule has 0 aromatic heterocycles. The Hall–Kier alpha value is -1.59. The van der Waals surface area contributed by atoms with E-state index in [2.05, 4.69) is 58.6 Å². The van der Waals surface area contributed by atoms with E-state index in [1.165, 1.54) is 24.0 Å². The Morgan fingerprint density at radius 2 is 2.00 bits per heavy atom. The average Bonchev–Trinajstić information content (AvgIpc) is 3.51. The van der Waals surface area contributed by atoms with Crippen molar-refractivity contribution in [2.24, 2.45) is 10.9 Å². The topological polar surface area (TPSA) is 48.9 Å². The lowest BCUT2D eigenvalue weighted by Crippen LogP contribution is -2.54. The molecule has 2 N–H and O–H groups in total. The van der Waals surface area contributed by atoms with Crippen molar-refractivity contribution in [3.8, 4) is 0 Å². The maximum absolute atomic E-state index is 5.69. The number of guanidine groups is 1. The van der Waals surface area contributed by atoms with E-state index in [1.807, 2.05) is 7.05 Å². The van der Waals surface area contributed by atoms with Gasteiger partial charge in [-0.25, -0.2) is 0 Å². The van der Waals surface area contributed by atoms with Crippen LogP contribution in [-0.2, 0) is 17.7 Å². The summed E-state index contributed by atoms with van der Waals surface area (Å²) >= 11 is 0. The molecule has 5 nitrogen and oxygen atoms in total. The summed E-state index contributed by atoms with van der Waals surface area (Å²) < 4.78 is 5.69. The molecule has 150 valence electrons. The molecule has 0 amide bonds. The first kappa shape index (κ1) is 20.2. The summed E-state index contributed by atoms with van der Waals surface area (Å²) in [7, 11) is 1.84. The monoisotopic (exact) mass is 372 g/mol. The third kappa shape index (κ3) is 6.22. The van der Waals surface area contributed by atoms with Crippen LogP contribution in [0.1, 0.15) is 44.2 Å². The third-order valence-electron chi connectivity index (χ3n) is 5.71. The lowest BCUT2D eigenvalue weighted by atomic mass is 9.94. The van der Waals surface area contributed by atoms with E-state index in [1.54, 1.807) is 0 Å². The molecule has 2 aliphatic rings. The predicted molar refractivity (Wildman–Crippen MR) is 112 cm³/mol. The smallest absolute Gasteiger partial charge is 0.191 e. The van der Waals surface area contributed by atoms with Crippen molar-refractivity contribution in [1.82, 2.24) is 15.5 Å². The van der Waals surface area contributed by atoms with Gasteiger partial charge in [-0.1, -0.05) is 24.3 Å². The lowest BCUT2D eigenvalue weighted by Gasteiger charge is -2.42. The SMILES string of the molecule is CN=C(NCCCOCC1CC1)NCC(C)(C)N1CCc2ccccc2C1. The molecule has 0 atom stereocenters. The van der Waals surface area contributed by atoms with Crippen molar-refractivity contribution in [2.75, 3.05) is 39.9 Å². The van der Waals surface area contributed by atoms with Gasteiger partial charge in [-0.3, -0.25) is 9.89 Å². The Bertz CT molecular complexity index is 624. The minimum atomic E-state index is 0.0680. The van der Waals surface area contributed by atoms with Gasteiger partial charge in [0.05, 0.1) is 0 Å². The molecule has 5 heteroatoms. The standard InChI is InChI=1S/C22H36N4O/c1-22(2,26-13-11-19-7-4-5-8-20(19)15-26)17-25-21(23-3)24-12-6-14-27-16-18-9-10-18/h4-5,7-8,18H,6,9-17H2,1-3H3,(H2,23,24,25). The van der Waals surface area contributed by atoms with Crippen LogP contribution in [-0.4, -0.2) is 56.3 Å². The van der Waals surface area contributed by atoms with Crippen LogP contribution < -0.4 is 10.6 Å². The summed E-state index contributed by atoms with van der Waals surface area (Å²) in [5, 5.41) is 6.91. The van der Waals surface area contributed by atoms with E-state index in [0.717, 1.165) is 64.1 Å². The first-order valence-corrected chi connectivity index (χ1v) is 10.4.